The van der Waals surface area contributed by atoms with Gasteiger partial charge in [0.2, 0.25) is 5.91 Å². The lowest BCUT2D eigenvalue weighted by molar-refractivity contribution is -0.141. The molecule has 0 bridgehead atoms. The Morgan fingerprint density at radius 3 is 2.59 bits per heavy atom. The van der Waals surface area contributed by atoms with Crippen LogP contribution in [0, 0.1) is 5.92 Å². The Morgan fingerprint density at radius 1 is 1.15 bits per heavy atom. The maximum atomic E-state index is 12.5. The molecule has 2 N–H and O–H groups in total. The van der Waals surface area contributed by atoms with Crippen molar-refractivity contribution < 1.29 is 19.5 Å². The number of carbonyl (C=O) groups excluding carboxylic acids is 2. The van der Waals surface area contributed by atoms with Gasteiger partial charge in [0.05, 0.1) is 5.92 Å². The molecule has 1 atom stereocenters. The highest BCUT2D eigenvalue weighted by molar-refractivity contribution is 5.99. The van der Waals surface area contributed by atoms with Crippen molar-refractivity contribution >= 4 is 23.5 Å². The normalized spacial score (nSPS) is 14.4. The van der Waals surface area contributed by atoms with Gasteiger partial charge in [-0.05, 0) is 42.2 Å². The van der Waals surface area contributed by atoms with Crippen LogP contribution in [-0.4, -0.2) is 36.5 Å². The summed E-state index contributed by atoms with van der Waals surface area (Å²) < 4.78 is 0. The molecule has 6 nitrogen and oxygen atoms in total. The number of carboxylic acids is 1. The van der Waals surface area contributed by atoms with Crippen molar-refractivity contribution in [2.24, 2.45) is 5.92 Å². The fraction of sp³-hybridized carbons (Fsp3) is 0.286. The van der Waals surface area contributed by atoms with Crippen LogP contribution in [0.2, 0.25) is 0 Å². The minimum absolute atomic E-state index is 0.0541. The number of fused-ring (bicyclic) bond motifs is 1. The molecule has 1 aliphatic heterocycles. The number of amides is 2. The summed E-state index contributed by atoms with van der Waals surface area (Å²) >= 11 is 0. The van der Waals surface area contributed by atoms with Crippen LogP contribution in [0.15, 0.2) is 48.5 Å². The largest absolute Gasteiger partial charge is 0.481 e. The first-order valence-electron chi connectivity index (χ1n) is 8.90. The van der Waals surface area contributed by atoms with Crippen LogP contribution in [0.1, 0.15) is 27.9 Å². The van der Waals surface area contributed by atoms with Gasteiger partial charge in [-0.15, -0.1) is 0 Å². The Bertz CT molecular complexity index is 864. The van der Waals surface area contributed by atoms with Crippen LogP contribution in [0.3, 0.4) is 0 Å². The van der Waals surface area contributed by atoms with Crippen molar-refractivity contribution in [3.8, 4) is 0 Å². The second-order valence-electron chi connectivity index (χ2n) is 6.73. The number of anilines is 1. The summed E-state index contributed by atoms with van der Waals surface area (Å²) in [5.74, 6) is -1.89. The molecule has 0 spiro atoms. The minimum atomic E-state index is -0.940. The average Bonchev–Trinajstić information content (AvgIpc) is 2.68. The summed E-state index contributed by atoms with van der Waals surface area (Å²) in [6.07, 6.45) is 1.38. The quantitative estimate of drug-likeness (QED) is 0.821. The number of aliphatic carboxylic acids is 1. The molecule has 3 rings (SSSR count). The lowest BCUT2D eigenvalue weighted by Gasteiger charge is -2.26. The van der Waals surface area contributed by atoms with Gasteiger partial charge in [0, 0.05) is 31.3 Å². The second-order valence-corrected chi connectivity index (χ2v) is 6.73. The molecule has 2 amide bonds. The van der Waals surface area contributed by atoms with Crippen LogP contribution < -0.4 is 10.2 Å². The van der Waals surface area contributed by atoms with E-state index in [2.05, 4.69) is 5.32 Å². The van der Waals surface area contributed by atoms with E-state index >= 15 is 0 Å². The number of benzene rings is 2. The zero-order valence-electron chi connectivity index (χ0n) is 15.1. The molecule has 1 heterocycles. The number of hydrogen-bond donors (Lipinski definition) is 2. The zero-order chi connectivity index (χ0) is 19.4. The topological polar surface area (TPSA) is 86.7 Å². The Balaban J connectivity index is 1.66. The number of nitrogens with one attached hydrogen (secondary N) is 1. The van der Waals surface area contributed by atoms with E-state index < -0.39 is 11.9 Å². The summed E-state index contributed by atoms with van der Waals surface area (Å²) in [6, 6.07) is 14.6. The molecular formula is C21H22N2O4. The molecule has 0 aromatic heterocycles. The fourth-order valence-corrected chi connectivity index (χ4v) is 3.26. The van der Waals surface area contributed by atoms with Crippen molar-refractivity contribution in [1.29, 1.82) is 0 Å². The van der Waals surface area contributed by atoms with E-state index in [4.69, 9.17) is 0 Å². The zero-order valence-corrected chi connectivity index (χ0v) is 15.1. The smallest absolute Gasteiger partial charge is 0.308 e. The van der Waals surface area contributed by atoms with Gasteiger partial charge in [-0.1, -0.05) is 30.3 Å². The summed E-state index contributed by atoms with van der Waals surface area (Å²) in [4.78, 5) is 37.3. The Labute approximate surface area is 157 Å². The molecular weight excluding hydrogens is 344 g/mol. The number of carboxylic acid groups (broad SMARTS) is 1. The van der Waals surface area contributed by atoms with Gasteiger partial charge in [0.25, 0.3) is 5.91 Å². The van der Waals surface area contributed by atoms with Crippen molar-refractivity contribution in [2.45, 2.75) is 19.3 Å². The predicted molar refractivity (Wildman–Crippen MR) is 102 cm³/mol. The Hall–Kier alpha value is -3.15. The third kappa shape index (κ3) is 4.34. The Morgan fingerprint density at radius 2 is 1.89 bits per heavy atom. The van der Waals surface area contributed by atoms with E-state index in [1.165, 1.54) is 0 Å². The highest BCUT2D eigenvalue weighted by Gasteiger charge is 2.23. The highest BCUT2D eigenvalue weighted by Crippen LogP contribution is 2.27. The number of rotatable bonds is 6. The van der Waals surface area contributed by atoms with Crippen LogP contribution in [0.5, 0.6) is 0 Å². The van der Waals surface area contributed by atoms with Crippen LogP contribution in [0.4, 0.5) is 5.69 Å². The average molecular weight is 366 g/mol. The first-order valence-corrected chi connectivity index (χ1v) is 8.90. The van der Waals surface area contributed by atoms with Crippen molar-refractivity contribution in [3.63, 3.8) is 0 Å². The maximum Gasteiger partial charge on any atom is 0.308 e. The first kappa shape index (κ1) is 18.6. The van der Waals surface area contributed by atoms with Crippen molar-refractivity contribution in [3.05, 3.63) is 65.2 Å². The molecule has 0 saturated carbocycles. The standard InChI is InChI=1S/C21H22N2O4/c1-23-18-9-7-16(12-15(18)8-10-19(23)24)20(25)22-13-17(21(26)27)11-14-5-3-2-4-6-14/h2-7,9,12,17H,8,10-11,13H2,1H3,(H,22,25)(H,26,27). The number of aryl methyl sites for hydroxylation is 1. The number of nitrogens with zero attached hydrogens (tertiary/aromatic N) is 1. The molecule has 0 aliphatic carbocycles. The first-order chi connectivity index (χ1) is 13.0. The van der Waals surface area contributed by atoms with Crippen LogP contribution in [0.25, 0.3) is 0 Å². The molecule has 0 saturated heterocycles. The van der Waals surface area contributed by atoms with E-state index in [1.54, 1.807) is 30.1 Å². The monoisotopic (exact) mass is 366 g/mol. The lowest BCUT2D eigenvalue weighted by atomic mass is 9.98. The van der Waals surface area contributed by atoms with E-state index in [0.29, 0.717) is 24.8 Å². The third-order valence-corrected chi connectivity index (χ3v) is 4.87. The van der Waals surface area contributed by atoms with E-state index in [0.717, 1.165) is 16.8 Å². The summed E-state index contributed by atoms with van der Waals surface area (Å²) in [7, 11) is 1.72. The van der Waals surface area contributed by atoms with Crippen molar-refractivity contribution in [2.75, 3.05) is 18.5 Å². The minimum Gasteiger partial charge on any atom is -0.481 e. The lowest BCUT2D eigenvalue weighted by Crippen LogP contribution is -2.34. The van der Waals surface area contributed by atoms with Gasteiger partial charge in [0.15, 0.2) is 0 Å². The van der Waals surface area contributed by atoms with Crippen LogP contribution in [-0.2, 0) is 22.4 Å². The molecule has 2 aromatic rings. The van der Waals surface area contributed by atoms with Crippen molar-refractivity contribution in [1.82, 2.24) is 5.32 Å². The van der Waals surface area contributed by atoms with Gasteiger partial charge in [0.1, 0.15) is 0 Å². The van der Waals surface area contributed by atoms with E-state index in [9.17, 15) is 19.5 Å². The summed E-state index contributed by atoms with van der Waals surface area (Å²) in [5, 5.41) is 12.2. The molecule has 2 aromatic carbocycles. The molecule has 0 radical (unpaired) electrons. The highest BCUT2D eigenvalue weighted by atomic mass is 16.4. The Kier molecular flexibility index (Phi) is 5.54. The summed E-state index contributed by atoms with van der Waals surface area (Å²) in [5.41, 5.74) is 3.15. The molecule has 1 unspecified atom stereocenters. The number of carbonyl (C=O) groups is 3. The fourth-order valence-electron chi connectivity index (χ4n) is 3.26. The van der Waals surface area contributed by atoms with Crippen LogP contribution >= 0.6 is 0 Å². The second kappa shape index (κ2) is 8.03. The van der Waals surface area contributed by atoms with Gasteiger partial charge < -0.3 is 15.3 Å². The maximum absolute atomic E-state index is 12.5. The predicted octanol–water partition coefficient (Wildman–Crippen LogP) is 2.27. The molecule has 27 heavy (non-hydrogen) atoms. The van der Waals surface area contributed by atoms with Gasteiger partial charge in [-0.25, -0.2) is 0 Å². The molecule has 0 fully saturated rings. The van der Waals surface area contributed by atoms with E-state index in [1.807, 2.05) is 30.3 Å². The third-order valence-electron chi connectivity index (χ3n) is 4.87. The van der Waals surface area contributed by atoms with Gasteiger partial charge >= 0.3 is 5.97 Å². The SMILES string of the molecule is CN1C(=O)CCc2cc(C(=O)NCC(Cc3ccccc3)C(=O)O)ccc21. The van der Waals surface area contributed by atoms with E-state index in [-0.39, 0.29) is 18.4 Å². The summed E-state index contributed by atoms with van der Waals surface area (Å²) in [6.45, 7) is 0.0541. The van der Waals surface area contributed by atoms with Gasteiger partial charge in [-0.2, -0.15) is 0 Å². The molecule has 6 heteroatoms. The molecule has 1 aliphatic rings. The molecule has 140 valence electrons. The van der Waals surface area contributed by atoms with Gasteiger partial charge in [-0.3, -0.25) is 14.4 Å². The number of hydrogen-bond acceptors (Lipinski definition) is 3.